The SMILES string of the molecule is O=C(Nc1cnn(CCN2CCCCC2)c1)c1cn[nH]c(=O)c1. The molecule has 3 rings (SSSR count). The molecule has 1 aliphatic heterocycles. The number of nitrogens with one attached hydrogen (secondary N) is 2. The van der Waals surface area contributed by atoms with Crippen molar-refractivity contribution in [1.29, 1.82) is 0 Å². The van der Waals surface area contributed by atoms with Crippen LogP contribution in [0.15, 0.2) is 29.5 Å². The van der Waals surface area contributed by atoms with Crippen molar-refractivity contribution in [2.24, 2.45) is 0 Å². The summed E-state index contributed by atoms with van der Waals surface area (Å²) < 4.78 is 1.82. The van der Waals surface area contributed by atoms with E-state index in [1.165, 1.54) is 31.5 Å². The molecule has 3 heterocycles. The lowest BCUT2D eigenvalue weighted by molar-refractivity contribution is 0.102. The topological polar surface area (TPSA) is 95.9 Å². The lowest BCUT2D eigenvalue weighted by Gasteiger charge is -2.26. The minimum atomic E-state index is -0.408. The summed E-state index contributed by atoms with van der Waals surface area (Å²) in [6.07, 6.45) is 8.58. The summed E-state index contributed by atoms with van der Waals surface area (Å²) in [4.78, 5) is 25.6. The van der Waals surface area contributed by atoms with Gasteiger partial charge in [0.25, 0.3) is 11.5 Å². The number of carbonyl (C=O) groups excluding carboxylic acids is 1. The van der Waals surface area contributed by atoms with Gasteiger partial charge in [-0.3, -0.25) is 14.3 Å². The molecular weight excluding hydrogens is 296 g/mol. The fourth-order valence-corrected chi connectivity index (χ4v) is 2.68. The van der Waals surface area contributed by atoms with E-state index in [9.17, 15) is 9.59 Å². The molecule has 2 N–H and O–H groups in total. The Morgan fingerprint density at radius 2 is 2.04 bits per heavy atom. The third-order valence-corrected chi connectivity index (χ3v) is 3.91. The Hall–Kier alpha value is -2.48. The zero-order valence-corrected chi connectivity index (χ0v) is 12.9. The highest BCUT2D eigenvalue weighted by Gasteiger charge is 2.11. The van der Waals surface area contributed by atoms with E-state index in [0.717, 1.165) is 26.2 Å². The van der Waals surface area contributed by atoms with E-state index in [2.05, 4.69) is 25.5 Å². The quantitative estimate of drug-likeness (QED) is 0.847. The number of carbonyl (C=O) groups is 1. The lowest BCUT2D eigenvalue weighted by Crippen LogP contribution is -2.32. The van der Waals surface area contributed by atoms with Crippen LogP contribution in [0.25, 0.3) is 0 Å². The summed E-state index contributed by atoms with van der Waals surface area (Å²) in [6.45, 7) is 4.07. The summed E-state index contributed by atoms with van der Waals surface area (Å²) in [6, 6.07) is 1.21. The molecule has 1 aliphatic rings. The molecule has 1 amide bonds. The second kappa shape index (κ2) is 7.19. The molecule has 23 heavy (non-hydrogen) atoms. The smallest absolute Gasteiger partial charge is 0.264 e. The number of piperidine rings is 1. The van der Waals surface area contributed by atoms with E-state index >= 15 is 0 Å². The number of likely N-dealkylation sites (tertiary alicyclic amines) is 1. The number of H-pyrrole nitrogens is 1. The van der Waals surface area contributed by atoms with Crippen molar-refractivity contribution in [3.05, 3.63) is 40.6 Å². The van der Waals surface area contributed by atoms with Gasteiger partial charge >= 0.3 is 0 Å². The average Bonchev–Trinajstić information content (AvgIpc) is 3.01. The fraction of sp³-hybridized carbons (Fsp3) is 0.467. The predicted molar refractivity (Wildman–Crippen MR) is 85.3 cm³/mol. The molecule has 8 heteroatoms. The van der Waals surface area contributed by atoms with Crippen molar-refractivity contribution in [2.45, 2.75) is 25.8 Å². The molecule has 0 aromatic carbocycles. The highest BCUT2D eigenvalue weighted by Crippen LogP contribution is 2.10. The fourth-order valence-electron chi connectivity index (χ4n) is 2.68. The first-order chi connectivity index (χ1) is 11.2. The van der Waals surface area contributed by atoms with Crippen LogP contribution in [-0.4, -0.2) is 50.4 Å². The predicted octanol–water partition coefficient (Wildman–Crippen LogP) is 0.705. The summed E-state index contributed by atoms with van der Waals surface area (Å²) in [5.41, 5.74) is 0.415. The first-order valence-electron chi connectivity index (χ1n) is 7.81. The average molecular weight is 316 g/mol. The Morgan fingerprint density at radius 3 is 2.83 bits per heavy atom. The van der Waals surface area contributed by atoms with E-state index < -0.39 is 5.56 Å². The van der Waals surface area contributed by atoms with Crippen LogP contribution in [0.2, 0.25) is 0 Å². The Bertz CT molecular complexity index is 717. The van der Waals surface area contributed by atoms with Gasteiger partial charge in [-0.15, -0.1) is 0 Å². The molecule has 2 aromatic heterocycles. The number of hydrogen-bond acceptors (Lipinski definition) is 5. The number of aromatic nitrogens is 4. The van der Waals surface area contributed by atoms with Gasteiger partial charge < -0.3 is 10.2 Å². The third-order valence-electron chi connectivity index (χ3n) is 3.91. The number of nitrogens with zero attached hydrogens (tertiary/aromatic N) is 4. The van der Waals surface area contributed by atoms with Gasteiger partial charge in [-0.1, -0.05) is 6.42 Å². The number of aromatic amines is 1. The Labute approximate surface area is 133 Å². The second-order valence-corrected chi connectivity index (χ2v) is 5.68. The van der Waals surface area contributed by atoms with Crippen molar-refractivity contribution >= 4 is 11.6 Å². The molecule has 0 aliphatic carbocycles. The maximum atomic E-state index is 12.0. The van der Waals surface area contributed by atoms with Crippen molar-refractivity contribution in [3.8, 4) is 0 Å². The Morgan fingerprint density at radius 1 is 1.22 bits per heavy atom. The van der Waals surface area contributed by atoms with Crippen LogP contribution < -0.4 is 10.9 Å². The van der Waals surface area contributed by atoms with Gasteiger partial charge in [0.15, 0.2) is 0 Å². The van der Waals surface area contributed by atoms with Crippen LogP contribution in [0.4, 0.5) is 5.69 Å². The molecule has 0 radical (unpaired) electrons. The van der Waals surface area contributed by atoms with Crippen LogP contribution in [-0.2, 0) is 6.54 Å². The second-order valence-electron chi connectivity index (χ2n) is 5.68. The first-order valence-corrected chi connectivity index (χ1v) is 7.81. The van der Waals surface area contributed by atoms with Gasteiger partial charge in [-0.2, -0.15) is 10.2 Å². The van der Waals surface area contributed by atoms with Gasteiger partial charge in [-0.05, 0) is 25.9 Å². The lowest BCUT2D eigenvalue weighted by atomic mass is 10.1. The van der Waals surface area contributed by atoms with Gasteiger partial charge in [0, 0.05) is 18.8 Å². The van der Waals surface area contributed by atoms with E-state index in [-0.39, 0.29) is 11.5 Å². The molecule has 122 valence electrons. The summed E-state index contributed by atoms with van der Waals surface area (Å²) in [7, 11) is 0. The van der Waals surface area contributed by atoms with Crippen molar-refractivity contribution in [3.63, 3.8) is 0 Å². The third kappa shape index (κ3) is 4.26. The summed E-state index contributed by atoms with van der Waals surface area (Å²) in [5.74, 6) is -0.376. The monoisotopic (exact) mass is 316 g/mol. The van der Waals surface area contributed by atoms with E-state index in [0.29, 0.717) is 5.69 Å². The van der Waals surface area contributed by atoms with Crippen LogP contribution in [0.1, 0.15) is 29.6 Å². The molecule has 0 spiro atoms. The first kappa shape index (κ1) is 15.4. The van der Waals surface area contributed by atoms with E-state index in [1.54, 1.807) is 12.4 Å². The maximum Gasteiger partial charge on any atom is 0.264 e. The minimum Gasteiger partial charge on any atom is -0.319 e. The molecular formula is C15H20N6O2. The highest BCUT2D eigenvalue weighted by atomic mass is 16.2. The summed E-state index contributed by atoms with van der Waals surface area (Å²) in [5, 5.41) is 12.8. The molecule has 0 atom stereocenters. The number of rotatable bonds is 5. The van der Waals surface area contributed by atoms with Crippen molar-refractivity contribution in [2.75, 3.05) is 25.0 Å². The van der Waals surface area contributed by atoms with Crippen LogP contribution >= 0.6 is 0 Å². The van der Waals surface area contributed by atoms with Crippen LogP contribution in [0.5, 0.6) is 0 Å². The maximum absolute atomic E-state index is 12.0. The van der Waals surface area contributed by atoms with E-state index in [1.807, 2.05) is 4.68 Å². The molecule has 8 nitrogen and oxygen atoms in total. The zero-order valence-electron chi connectivity index (χ0n) is 12.9. The standard InChI is InChI=1S/C15H20N6O2/c22-14-8-12(9-16-19-14)15(23)18-13-10-17-21(11-13)7-6-20-4-2-1-3-5-20/h8-11H,1-7H2,(H,18,23)(H,19,22). The minimum absolute atomic E-state index is 0.217. The Kier molecular flexibility index (Phi) is 4.82. The van der Waals surface area contributed by atoms with Crippen LogP contribution in [0, 0.1) is 0 Å². The van der Waals surface area contributed by atoms with Gasteiger partial charge in [0.05, 0.1) is 30.2 Å². The van der Waals surface area contributed by atoms with E-state index in [4.69, 9.17) is 0 Å². The Balaban J connectivity index is 1.54. The van der Waals surface area contributed by atoms with Gasteiger partial charge in [0.1, 0.15) is 0 Å². The molecule has 0 bridgehead atoms. The normalized spacial score (nSPS) is 15.5. The molecule has 2 aromatic rings. The number of amides is 1. The number of hydrogen-bond donors (Lipinski definition) is 2. The largest absolute Gasteiger partial charge is 0.319 e. The van der Waals surface area contributed by atoms with Gasteiger partial charge in [-0.25, -0.2) is 5.10 Å². The molecule has 1 fully saturated rings. The summed E-state index contributed by atoms with van der Waals surface area (Å²) >= 11 is 0. The number of anilines is 1. The van der Waals surface area contributed by atoms with Crippen LogP contribution in [0.3, 0.4) is 0 Å². The zero-order chi connectivity index (χ0) is 16.1. The van der Waals surface area contributed by atoms with Crippen molar-refractivity contribution < 1.29 is 4.79 Å². The molecule has 1 saturated heterocycles. The molecule has 0 saturated carbocycles. The van der Waals surface area contributed by atoms with Crippen molar-refractivity contribution in [1.82, 2.24) is 24.9 Å². The molecule has 0 unspecified atom stereocenters. The highest BCUT2D eigenvalue weighted by molar-refractivity contribution is 6.03. The van der Waals surface area contributed by atoms with Gasteiger partial charge in [0.2, 0.25) is 0 Å².